The van der Waals surface area contributed by atoms with E-state index in [1.165, 1.54) is 31.4 Å². The van der Waals surface area contributed by atoms with Crippen LogP contribution in [-0.4, -0.2) is 27.1 Å². The summed E-state index contributed by atoms with van der Waals surface area (Å²) < 4.78 is 31.3. The molecule has 38 heavy (non-hydrogen) atoms. The fourth-order valence-corrected chi connectivity index (χ4v) is 8.62. The second kappa shape index (κ2) is 10.5. The standard InChI is InChI=1S/C30H33FNO5P/c1-4-37-26(34)13-24(33)29(38(35)36)27-23(21-5-7-22(31)8-6-21)12-25(32-28(27)17(2)3)30-14-18-9-19(15-30)11-20(10-18)16-30/h1,5-8,12,17-20,24,29,33H,9-11,13-16H2,2-3H3/p+1. The van der Waals surface area contributed by atoms with Crippen molar-refractivity contribution in [2.24, 2.45) is 17.8 Å². The molecule has 3 atom stereocenters. The van der Waals surface area contributed by atoms with E-state index < -0.39 is 38.0 Å². The number of esters is 1. The van der Waals surface area contributed by atoms with Crippen LogP contribution in [-0.2, 0) is 19.5 Å². The summed E-state index contributed by atoms with van der Waals surface area (Å²) in [5, 5.41) is 11.0. The smallest absolute Gasteiger partial charge is 0.387 e. The number of rotatable bonds is 8. The van der Waals surface area contributed by atoms with Gasteiger partial charge in [0.2, 0.25) is 5.66 Å². The van der Waals surface area contributed by atoms with Gasteiger partial charge in [-0.3, -0.25) is 9.78 Å². The van der Waals surface area contributed by atoms with Gasteiger partial charge < -0.3 is 9.84 Å². The van der Waals surface area contributed by atoms with Crippen LogP contribution in [0.25, 0.3) is 11.1 Å². The van der Waals surface area contributed by atoms with Gasteiger partial charge in [-0.05, 0) is 96.1 Å². The number of benzene rings is 1. The molecule has 0 radical (unpaired) electrons. The Balaban J connectivity index is 1.70. The van der Waals surface area contributed by atoms with E-state index in [4.69, 9.17) is 11.4 Å². The quantitative estimate of drug-likeness (QED) is 0.238. The number of aliphatic hydroxyl groups excluding tert-OH is 1. The molecule has 4 bridgehead atoms. The van der Waals surface area contributed by atoms with Gasteiger partial charge in [-0.25, -0.2) is 4.39 Å². The highest BCUT2D eigenvalue weighted by Gasteiger charge is 2.53. The van der Waals surface area contributed by atoms with E-state index >= 15 is 0 Å². The van der Waals surface area contributed by atoms with Gasteiger partial charge in [0.1, 0.15) is 18.0 Å². The van der Waals surface area contributed by atoms with E-state index in [0.29, 0.717) is 40.1 Å². The number of hydrogen-bond acceptors (Lipinski definition) is 5. The number of pyridine rings is 1. The molecule has 2 aromatic rings. The number of carbonyl (C=O) groups is 1. The molecular weight excluding hydrogens is 504 g/mol. The zero-order chi connectivity index (χ0) is 27.2. The van der Waals surface area contributed by atoms with Gasteiger partial charge in [-0.15, -0.1) is 0 Å². The molecule has 4 saturated carbocycles. The SMILES string of the molecule is C#COC(=O)CC(O)C(c1c(-c2ccc(F)cc2)cc(C23CC4CC(CC(C4)C2)C3)nc1C(C)C)[P+](=O)O. The van der Waals surface area contributed by atoms with Crippen LogP contribution in [0.3, 0.4) is 0 Å². The van der Waals surface area contributed by atoms with Crippen LogP contribution in [0.1, 0.15) is 87.3 Å². The number of terminal acetylenes is 1. The van der Waals surface area contributed by atoms with Crippen molar-refractivity contribution in [3.8, 4) is 23.7 Å². The minimum absolute atomic E-state index is 0.0438. The van der Waals surface area contributed by atoms with Crippen LogP contribution in [0.5, 0.6) is 0 Å². The van der Waals surface area contributed by atoms with Gasteiger partial charge in [0, 0.05) is 16.7 Å². The van der Waals surface area contributed by atoms with E-state index in [-0.39, 0.29) is 11.3 Å². The Kier molecular flexibility index (Phi) is 7.44. The Labute approximate surface area is 223 Å². The van der Waals surface area contributed by atoms with Crippen LogP contribution in [0, 0.1) is 36.1 Å². The van der Waals surface area contributed by atoms with Crippen molar-refractivity contribution in [1.29, 1.82) is 0 Å². The molecule has 0 saturated heterocycles. The molecule has 2 N–H and O–H groups in total. The molecule has 1 heterocycles. The molecule has 4 aliphatic rings. The molecule has 6 rings (SSSR count). The predicted octanol–water partition coefficient (Wildman–Crippen LogP) is 6.14. The molecule has 4 fully saturated rings. The largest absolute Gasteiger partial charge is 0.516 e. The molecule has 8 heteroatoms. The van der Waals surface area contributed by atoms with E-state index in [2.05, 4.69) is 4.74 Å². The normalized spacial score (nSPS) is 27.6. The molecule has 6 nitrogen and oxygen atoms in total. The third-order valence-corrected chi connectivity index (χ3v) is 9.90. The Morgan fingerprint density at radius 2 is 1.76 bits per heavy atom. The molecule has 0 spiro atoms. The maximum Gasteiger partial charge on any atom is 0.516 e. The zero-order valence-corrected chi connectivity index (χ0v) is 22.7. The summed E-state index contributed by atoms with van der Waals surface area (Å²) in [7, 11) is -2.98. The predicted molar refractivity (Wildman–Crippen MR) is 142 cm³/mol. The van der Waals surface area contributed by atoms with Crippen molar-refractivity contribution < 1.29 is 28.5 Å². The summed E-state index contributed by atoms with van der Waals surface area (Å²) in [6.07, 6.45) is 11.9. The van der Waals surface area contributed by atoms with Gasteiger partial charge in [0.05, 0.1) is 12.1 Å². The molecule has 1 aromatic carbocycles. The van der Waals surface area contributed by atoms with Gasteiger partial charge in [0.15, 0.2) is 0 Å². The van der Waals surface area contributed by atoms with Crippen molar-refractivity contribution in [2.45, 2.75) is 81.9 Å². The van der Waals surface area contributed by atoms with Gasteiger partial charge in [0.25, 0.3) is 0 Å². The lowest BCUT2D eigenvalue weighted by Crippen LogP contribution is -2.49. The van der Waals surface area contributed by atoms with Crippen LogP contribution in [0.2, 0.25) is 0 Å². The highest BCUT2D eigenvalue weighted by Crippen LogP contribution is 2.61. The highest BCUT2D eigenvalue weighted by molar-refractivity contribution is 7.38. The summed E-state index contributed by atoms with van der Waals surface area (Å²) in [6, 6.07) is 7.99. The Bertz CT molecular complexity index is 1250. The maximum atomic E-state index is 13.9. The molecule has 200 valence electrons. The van der Waals surface area contributed by atoms with Crippen LogP contribution in [0.15, 0.2) is 30.3 Å². The maximum absolute atomic E-state index is 13.9. The first kappa shape index (κ1) is 26.9. The number of hydrogen-bond donors (Lipinski definition) is 2. The lowest BCUT2D eigenvalue weighted by Gasteiger charge is -2.56. The van der Waals surface area contributed by atoms with Gasteiger partial charge in [-0.2, -0.15) is 4.89 Å². The van der Waals surface area contributed by atoms with Crippen molar-refractivity contribution in [1.82, 2.24) is 4.98 Å². The topological polar surface area (TPSA) is 96.7 Å². The minimum Gasteiger partial charge on any atom is -0.387 e. The molecule has 0 amide bonds. The Hall–Kier alpha value is -2.65. The van der Waals surface area contributed by atoms with Crippen molar-refractivity contribution >= 4 is 14.0 Å². The summed E-state index contributed by atoms with van der Waals surface area (Å²) in [6.45, 7) is 3.93. The lowest BCUT2D eigenvalue weighted by molar-refractivity contribution is -0.139. The first-order chi connectivity index (χ1) is 18.1. The van der Waals surface area contributed by atoms with Crippen molar-refractivity contribution in [3.05, 3.63) is 53.1 Å². The number of carbonyl (C=O) groups excluding carboxylic acids is 1. The van der Waals surface area contributed by atoms with E-state index in [9.17, 15) is 23.7 Å². The van der Waals surface area contributed by atoms with Gasteiger partial charge in [-0.1, -0.05) is 32.4 Å². The van der Waals surface area contributed by atoms with Crippen LogP contribution >= 0.6 is 8.03 Å². The minimum atomic E-state index is -2.98. The Morgan fingerprint density at radius 3 is 2.26 bits per heavy atom. The summed E-state index contributed by atoms with van der Waals surface area (Å²) in [5.74, 6) is 0.695. The first-order valence-electron chi connectivity index (χ1n) is 13.4. The average molecular weight is 539 g/mol. The molecular formula is C30H34FNO5P+. The molecule has 4 aliphatic carbocycles. The second-order valence-electron chi connectivity index (χ2n) is 11.8. The monoisotopic (exact) mass is 538 g/mol. The number of aromatic nitrogens is 1. The number of aliphatic hydroxyl groups is 1. The molecule has 1 aromatic heterocycles. The molecule has 0 aliphatic heterocycles. The third-order valence-electron chi connectivity index (χ3n) is 8.82. The molecule has 3 unspecified atom stereocenters. The average Bonchev–Trinajstić information content (AvgIpc) is 2.83. The van der Waals surface area contributed by atoms with Crippen LogP contribution < -0.4 is 0 Å². The van der Waals surface area contributed by atoms with Crippen molar-refractivity contribution in [2.75, 3.05) is 0 Å². The van der Waals surface area contributed by atoms with E-state index in [1.54, 1.807) is 18.2 Å². The highest BCUT2D eigenvalue weighted by atomic mass is 31.1. The summed E-state index contributed by atoms with van der Waals surface area (Å²) >= 11 is 0. The third kappa shape index (κ3) is 5.02. The fourth-order valence-electron chi connectivity index (χ4n) is 7.73. The summed E-state index contributed by atoms with van der Waals surface area (Å²) in [5.41, 5.74) is 1.95. The first-order valence-corrected chi connectivity index (χ1v) is 14.7. The van der Waals surface area contributed by atoms with Gasteiger partial charge >= 0.3 is 14.0 Å². The van der Waals surface area contributed by atoms with E-state index in [1.807, 2.05) is 19.9 Å². The van der Waals surface area contributed by atoms with Crippen molar-refractivity contribution in [3.63, 3.8) is 0 Å². The van der Waals surface area contributed by atoms with E-state index in [0.717, 1.165) is 25.0 Å². The fraction of sp³-hybridized carbons (Fsp3) is 0.533. The lowest BCUT2D eigenvalue weighted by atomic mass is 9.48. The Morgan fingerprint density at radius 1 is 1.18 bits per heavy atom. The van der Waals surface area contributed by atoms with Crippen LogP contribution in [0.4, 0.5) is 4.39 Å². The number of halogens is 1. The number of nitrogens with zero attached hydrogens (tertiary/aromatic N) is 1. The summed E-state index contributed by atoms with van der Waals surface area (Å²) in [4.78, 5) is 27.7. The second-order valence-corrected chi connectivity index (χ2v) is 13.0. The number of ether oxygens (including phenoxy) is 1. The zero-order valence-electron chi connectivity index (χ0n) is 21.8.